The normalized spacial score (nSPS) is 16.2. The second-order valence-electron chi connectivity index (χ2n) is 4.65. The number of phenols is 1. The van der Waals surface area contributed by atoms with Crippen molar-refractivity contribution in [1.82, 2.24) is 10.2 Å². The van der Waals surface area contributed by atoms with Crippen LogP contribution >= 0.6 is 0 Å². The molecule has 1 fully saturated rings. The van der Waals surface area contributed by atoms with Crippen molar-refractivity contribution in [1.29, 1.82) is 0 Å². The molecule has 2 rings (SSSR count). The van der Waals surface area contributed by atoms with Gasteiger partial charge in [-0.3, -0.25) is 9.69 Å². The zero-order valence-corrected chi connectivity index (χ0v) is 11.0. The first-order chi connectivity index (χ1) is 9.24. The van der Waals surface area contributed by atoms with Gasteiger partial charge in [0.25, 0.3) is 0 Å². The molecule has 1 aromatic carbocycles. The smallest absolute Gasteiger partial charge is 0.221 e. The van der Waals surface area contributed by atoms with Gasteiger partial charge in [0.15, 0.2) is 0 Å². The van der Waals surface area contributed by atoms with Crippen LogP contribution < -0.4 is 5.32 Å². The molecule has 1 saturated heterocycles. The van der Waals surface area contributed by atoms with Gasteiger partial charge in [0.1, 0.15) is 5.75 Å². The zero-order chi connectivity index (χ0) is 13.5. The minimum atomic E-state index is 0.0369. The Morgan fingerprint density at radius 1 is 1.37 bits per heavy atom. The molecule has 0 atom stereocenters. The molecular weight excluding hydrogens is 244 g/mol. The lowest BCUT2D eigenvalue weighted by Crippen LogP contribution is -2.38. The van der Waals surface area contributed by atoms with Gasteiger partial charge in [-0.05, 0) is 17.7 Å². The molecule has 1 aliphatic heterocycles. The van der Waals surface area contributed by atoms with E-state index in [4.69, 9.17) is 4.74 Å². The van der Waals surface area contributed by atoms with Gasteiger partial charge >= 0.3 is 0 Å². The summed E-state index contributed by atoms with van der Waals surface area (Å²) in [7, 11) is 0. The Labute approximate surface area is 113 Å². The molecule has 1 amide bonds. The second kappa shape index (κ2) is 7.11. The summed E-state index contributed by atoms with van der Waals surface area (Å²) < 4.78 is 5.26. The van der Waals surface area contributed by atoms with Crippen molar-refractivity contribution < 1.29 is 14.6 Å². The minimum Gasteiger partial charge on any atom is -0.508 e. The number of hydrogen-bond donors (Lipinski definition) is 2. The van der Waals surface area contributed by atoms with E-state index in [2.05, 4.69) is 10.2 Å². The van der Waals surface area contributed by atoms with Gasteiger partial charge in [0.05, 0.1) is 13.2 Å². The van der Waals surface area contributed by atoms with Crippen molar-refractivity contribution in [3.8, 4) is 5.75 Å². The van der Waals surface area contributed by atoms with Crippen LogP contribution in [0, 0.1) is 0 Å². The van der Waals surface area contributed by atoms with E-state index in [0.717, 1.165) is 38.4 Å². The maximum Gasteiger partial charge on any atom is 0.221 e. The number of aromatic hydroxyl groups is 1. The quantitative estimate of drug-likeness (QED) is 0.823. The van der Waals surface area contributed by atoms with Gasteiger partial charge in [0.2, 0.25) is 5.91 Å². The Hall–Kier alpha value is -1.59. The number of phenolic OH excluding ortho intramolecular Hbond substituents is 1. The van der Waals surface area contributed by atoms with Crippen LogP contribution in [0.3, 0.4) is 0 Å². The van der Waals surface area contributed by atoms with E-state index in [-0.39, 0.29) is 11.7 Å². The summed E-state index contributed by atoms with van der Waals surface area (Å²) in [5.74, 6) is 0.259. The Bertz CT molecular complexity index is 417. The van der Waals surface area contributed by atoms with E-state index in [0.29, 0.717) is 13.0 Å². The molecule has 2 N–H and O–H groups in total. The van der Waals surface area contributed by atoms with E-state index in [1.165, 1.54) is 0 Å². The first kappa shape index (κ1) is 13.8. The summed E-state index contributed by atoms with van der Waals surface area (Å²) in [6.45, 7) is 4.54. The van der Waals surface area contributed by atoms with Crippen LogP contribution in [0.15, 0.2) is 24.3 Å². The molecule has 1 aliphatic rings. The van der Waals surface area contributed by atoms with Gasteiger partial charge in [-0.15, -0.1) is 0 Å². The van der Waals surface area contributed by atoms with E-state index in [9.17, 15) is 9.90 Å². The first-order valence-electron chi connectivity index (χ1n) is 6.59. The summed E-state index contributed by atoms with van der Waals surface area (Å²) >= 11 is 0. The predicted molar refractivity (Wildman–Crippen MR) is 71.8 cm³/mol. The number of nitrogens with zero attached hydrogens (tertiary/aromatic N) is 1. The number of amides is 1. The largest absolute Gasteiger partial charge is 0.508 e. The summed E-state index contributed by atoms with van der Waals surface area (Å²) in [4.78, 5) is 13.9. The molecule has 104 valence electrons. The summed E-state index contributed by atoms with van der Waals surface area (Å²) in [5.41, 5.74) is 0.903. The van der Waals surface area contributed by atoms with Crippen molar-refractivity contribution >= 4 is 5.91 Å². The third-order valence-corrected chi connectivity index (χ3v) is 3.16. The molecule has 0 bridgehead atoms. The molecular formula is C14H20N2O3. The van der Waals surface area contributed by atoms with Crippen LogP contribution in [0.2, 0.25) is 0 Å². The molecule has 0 radical (unpaired) electrons. The fourth-order valence-electron chi connectivity index (χ4n) is 2.04. The Morgan fingerprint density at radius 3 is 2.89 bits per heavy atom. The maximum atomic E-state index is 11.7. The highest BCUT2D eigenvalue weighted by Crippen LogP contribution is 2.10. The lowest BCUT2D eigenvalue weighted by molar-refractivity contribution is -0.121. The average molecular weight is 264 g/mol. The number of nitrogens with one attached hydrogen (secondary N) is 1. The van der Waals surface area contributed by atoms with Crippen molar-refractivity contribution in [3.63, 3.8) is 0 Å². The average Bonchev–Trinajstić information content (AvgIpc) is 2.44. The molecule has 19 heavy (non-hydrogen) atoms. The number of carbonyl (C=O) groups is 1. The molecule has 0 saturated carbocycles. The van der Waals surface area contributed by atoms with Crippen LogP contribution in [-0.2, 0) is 16.1 Å². The third kappa shape index (κ3) is 4.89. The van der Waals surface area contributed by atoms with Crippen molar-refractivity contribution in [2.45, 2.75) is 13.0 Å². The molecule has 0 spiro atoms. The van der Waals surface area contributed by atoms with Crippen LogP contribution in [0.5, 0.6) is 5.75 Å². The number of morpholine rings is 1. The van der Waals surface area contributed by atoms with Crippen molar-refractivity contribution in [2.24, 2.45) is 0 Å². The summed E-state index contributed by atoms with van der Waals surface area (Å²) in [5, 5.41) is 12.2. The van der Waals surface area contributed by atoms with Crippen LogP contribution in [0.4, 0.5) is 0 Å². The highest BCUT2D eigenvalue weighted by atomic mass is 16.5. The first-order valence-corrected chi connectivity index (χ1v) is 6.59. The van der Waals surface area contributed by atoms with Crippen molar-refractivity contribution in [3.05, 3.63) is 29.8 Å². The Morgan fingerprint density at radius 2 is 2.16 bits per heavy atom. The molecule has 0 unspecified atom stereocenters. The number of carbonyl (C=O) groups excluding carboxylic acids is 1. The predicted octanol–water partition coefficient (Wildman–Crippen LogP) is 0.731. The maximum absolute atomic E-state index is 11.7. The van der Waals surface area contributed by atoms with Gasteiger partial charge in [-0.25, -0.2) is 0 Å². The SMILES string of the molecule is O=C(CCN1CCOCC1)NCc1cccc(O)c1. The zero-order valence-electron chi connectivity index (χ0n) is 11.0. The topological polar surface area (TPSA) is 61.8 Å². The van der Waals surface area contributed by atoms with Gasteiger partial charge in [-0.2, -0.15) is 0 Å². The van der Waals surface area contributed by atoms with Gasteiger partial charge in [0, 0.05) is 32.6 Å². The molecule has 5 heteroatoms. The molecule has 1 heterocycles. The number of rotatable bonds is 5. The monoisotopic (exact) mass is 264 g/mol. The van der Waals surface area contributed by atoms with Crippen LogP contribution in [0.25, 0.3) is 0 Å². The van der Waals surface area contributed by atoms with E-state index >= 15 is 0 Å². The van der Waals surface area contributed by atoms with Crippen LogP contribution in [0.1, 0.15) is 12.0 Å². The lowest BCUT2D eigenvalue weighted by Gasteiger charge is -2.26. The van der Waals surface area contributed by atoms with Gasteiger partial charge < -0.3 is 15.2 Å². The van der Waals surface area contributed by atoms with E-state index in [1.807, 2.05) is 6.07 Å². The number of ether oxygens (including phenoxy) is 1. The number of benzene rings is 1. The lowest BCUT2D eigenvalue weighted by atomic mass is 10.2. The fourth-order valence-corrected chi connectivity index (χ4v) is 2.04. The van der Waals surface area contributed by atoms with E-state index in [1.54, 1.807) is 18.2 Å². The van der Waals surface area contributed by atoms with E-state index < -0.39 is 0 Å². The van der Waals surface area contributed by atoms with Gasteiger partial charge in [-0.1, -0.05) is 12.1 Å². The third-order valence-electron chi connectivity index (χ3n) is 3.16. The second-order valence-corrected chi connectivity index (χ2v) is 4.65. The summed E-state index contributed by atoms with van der Waals surface area (Å²) in [6, 6.07) is 6.92. The Kier molecular flexibility index (Phi) is 5.18. The fraction of sp³-hybridized carbons (Fsp3) is 0.500. The standard InChI is InChI=1S/C14H20N2O3/c17-13-3-1-2-12(10-13)11-15-14(18)4-5-16-6-8-19-9-7-16/h1-3,10,17H,4-9,11H2,(H,15,18). The van der Waals surface area contributed by atoms with Crippen LogP contribution in [-0.4, -0.2) is 48.8 Å². The Balaban J connectivity index is 1.66. The molecule has 1 aromatic rings. The number of hydrogen-bond acceptors (Lipinski definition) is 4. The van der Waals surface area contributed by atoms with Crippen molar-refractivity contribution in [2.75, 3.05) is 32.8 Å². The molecule has 0 aromatic heterocycles. The molecule has 5 nitrogen and oxygen atoms in total. The molecule has 0 aliphatic carbocycles. The minimum absolute atomic E-state index is 0.0369. The highest BCUT2D eigenvalue weighted by Gasteiger charge is 2.11. The summed E-state index contributed by atoms with van der Waals surface area (Å²) in [6.07, 6.45) is 0.499. The highest BCUT2D eigenvalue weighted by molar-refractivity contribution is 5.76.